The highest BCUT2D eigenvalue weighted by Crippen LogP contribution is 2.37. The van der Waals surface area contributed by atoms with Crippen molar-refractivity contribution in [2.75, 3.05) is 13.2 Å². The number of aryl methyl sites for hydroxylation is 1. The third-order valence-corrected chi connectivity index (χ3v) is 4.04. The molecule has 4 heteroatoms. The molecule has 1 N–H and O–H groups in total. The van der Waals surface area contributed by atoms with Crippen molar-refractivity contribution in [1.29, 1.82) is 0 Å². The highest BCUT2D eigenvalue weighted by atomic mass is 35.5. The van der Waals surface area contributed by atoms with Gasteiger partial charge in [0.1, 0.15) is 5.82 Å². The van der Waals surface area contributed by atoms with Crippen molar-refractivity contribution in [3.63, 3.8) is 0 Å². The molecule has 1 aromatic carbocycles. The molecule has 1 fully saturated rings. The van der Waals surface area contributed by atoms with Crippen molar-refractivity contribution in [2.45, 2.75) is 26.4 Å². The Morgan fingerprint density at radius 2 is 2.22 bits per heavy atom. The highest BCUT2D eigenvalue weighted by molar-refractivity contribution is 6.31. The Hall–Kier alpha value is -0.640. The van der Waals surface area contributed by atoms with Gasteiger partial charge in [0.2, 0.25) is 0 Å². The maximum absolute atomic E-state index is 13.4. The Bertz CT molecular complexity index is 436. The molecule has 0 aromatic heterocycles. The van der Waals surface area contributed by atoms with Gasteiger partial charge in [0.05, 0.1) is 6.10 Å². The van der Waals surface area contributed by atoms with Crippen molar-refractivity contribution < 1.29 is 14.2 Å². The van der Waals surface area contributed by atoms with E-state index in [0.29, 0.717) is 29.4 Å². The molecule has 3 atom stereocenters. The van der Waals surface area contributed by atoms with Gasteiger partial charge >= 0.3 is 0 Å². The minimum Gasteiger partial charge on any atom is -0.388 e. The van der Waals surface area contributed by atoms with Crippen molar-refractivity contribution in [1.82, 2.24) is 0 Å². The van der Waals surface area contributed by atoms with E-state index in [2.05, 4.69) is 6.92 Å². The molecule has 1 aromatic rings. The molecular formula is C14H18ClFO2. The Balaban J connectivity index is 2.27. The van der Waals surface area contributed by atoms with E-state index in [1.165, 1.54) is 6.07 Å². The summed E-state index contributed by atoms with van der Waals surface area (Å²) in [4.78, 5) is 0. The quantitative estimate of drug-likeness (QED) is 0.893. The minimum absolute atomic E-state index is 0.112. The highest BCUT2D eigenvalue weighted by Gasteiger charge is 2.30. The van der Waals surface area contributed by atoms with E-state index in [1.54, 1.807) is 13.0 Å². The summed E-state index contributed by atoms with van der Waals surface area (Å²) in [7, 11) is 0. The number of aliphatic hydroxyl groups is 1. The van der Waals surface area contributed by atoms with E-state index in [0.717, 1.165) is 6.42 Å². The van der Waals surface area contributed by atoms with Crippen LogP contribution in [0.1, 0.15) is 30.6 Å². The van der Waals surface area contributed by atoms with E-state index in [9.17, 15) is 9.50 Å². The monoisotopic (exact) mass is 272 g/mol. The van der Waals surface area contributed by atoms with Crippen molar-refractivity contribution in [2.24, 2.45) is 11.8 Å². The lowest BCUT2D eigenvalue weighted by Gasteiger charge is -2.33. The SMILES string of the molecule is Cc1cc(C(O)C2CCOCC2C)c(Cl)cc1F. The fraction of sp³-hybridized carbons (Fsp3) is 0.571. The predicted octanol–water partition coefficient (Wildman–Crippen LogP) is 3.49. The fourth-order valence-corrected chi connectivity index (χ4v) is 2.76. The lowest BCUT2D eigenvalue weighted by Crippen LogP contribution is -2.30. The summed E-state index contributed by atoms with van der Waals surface area (Å²) in [6.45, 7) is 5.04. The van der Waals surface area contributed by atoms with Crippen LogP contribution in [0.4, 0.5) is 4.39 Å². The van der Waals surface area contributed by atoms with E-state index in [4.69, 9.17) is 16.3 Å². The first-order valence-corrected chi connectivity index (χ1v) is 6.60. The Morgan fingerprint density at radius 1 is 1.50 bits per heavy atom. The number of benzene rings is 1. The van der Waals surface area contributed by atoms with Crippen molar-refractivity contribution in [3.05, 3.63) is 34.1 Å². The maximum Gasteiger partial charge on any atom is 0.127 e. The lowest BCUT2D eigenvalue weighted by atomic mass is 9.82. The molecule has 0 spiro atoms. The van der Waals surface area contributed by atoms with E-state index < -0.39 is 6.10 Å². The molecule has 3 unspecified atom stereocenters. The molecule has 1 heterocycles. The normalized spacial score (nSPS) is 26.1. The predicted molar refractivity (Wildman–Crippen MR) is 69.2 cm³/mol. The number of halogens is 2. The number of ether oxygens (including phenoxy) is 1. The van der Waals surface area contributed by atoms with Crippen LogP contribution in [0, 0.1) is 24.6 Å². The topological polar surface area (TPSA) is 29.5 Å². The van der Waals surface area contributed by atoms with Gasteiger partial charge in [-0.25, -0.2) is 4.39 Å². The van der Waals surface area contributed by atoms with Crippen LogP contribution < -0.4 is 0 Å². The third-order valence-electron chi connectivity index (χ3n) is 3.71. The zero-order valence-electron chi connectivity index (χ0n) is 10.6. The number of hydrogen-bond acceptors (Lipinski definition) is 2. The average molecular weight is 273 g/mol. The molecule has 1 saturated heterocycles. The van der Waals surface area contributed by atoms with Gasteiger partial charge < -0.3 is 9.84 Å². The molecule has 100 valence electrons. The lowest BCUT2D eigenvalue weighted by molar-refractivity contribution is -0.0310. The maximum atomic E-state index is 13.4. The summed E-state index contributed by atoms with van der Waals surface area (Å²) in [5.74, 6) is 0.0484. The summed E-state index contributed by atoms with van der Waals surface area (Å²) in [6, 6.07) is 2.92. The first kappa shape index (κ1) is 13.8. The number of hydrogen-bond donors (Lipinski definition) is 1. The molecule has 2 nitrogen and oxygen atoms in total. The second-order valence-corrected chi connectivity index (χ2v) is 5.48. The molecule has 0 radical (unpaired) electrons. The summed E-state index contributed by atoms with van der Waals surface area (Å²) >= 11 is 6.03. The number of rotatable bonds is 2. The minimum atomic E-state index is -0.657. The molecular weight excluding hydrogens is 255 g/mol. The summed E-state index contributed by atoms with van der Waals surface area (Å²) in [6.07, 6.45) is 0.144. The van der Waals surface area contributed by atoms with Gasteiger partial charge in [-0.1, -0.05) is 18.5 Å². The van der Waals surface area contributed by atoms with Gasteiger partial charge in [-0.3, -0.25) is 0 Å². The molecule has 1 aliphatic rings. The second kappa shape index (κ2) is 5.55. The van der Waals surface area contributed by atoms with Crippen LogP contribution in [-0.2, 0) is 4.74 Å². The largest absolute Gasteiger partial charge is 0.388 e. The van der Waals surface area contributed by atoms with Crippen LogP contribution in [0.3, 0.4) is 0 Å². The first-order chi connectivity index (χ1) is 8.50. The molecule has 18 heavy (non-hydrogen) atoms. The van der Waals surface area contributed by atoms with Crippen LogP contribution in [0.2, 0.25) is 5.02 Å². The average Bonchev–Trinajstić information content (AvgIpc) is 2.33. The van der Waals surface area contributed by atoms with Crippen LogP contribution >= 0.6 is 11.6 Å². The zero-order chi connectivity index (χ0) is 13.3. The standard InChI is InChI=1S/C14H18ClFO2/c1-8-5-11(12(15)6-13(8)16)14(17)10-3-4-18-7-9(10)2/h5-6,9-10,14,17H,3-4,7H2,1-2H3. The molecule has 1 aliphatic heterocycles. The second-order valence-electron chi connectivity index (χ2n) is 5.07. The van der Waals surface area contributed by atoms with Crippen LogP contribution in [0.5, 0.6) is 0 Å². The summed E-state index contributed by atoms with van der Waals surface area (Å²) in [5, 5.41) is 10.7. The first-order valence-electron chi connectivity index (χ1n) is 6.22. The smallest absolute Gasteiger partial charge is 0.127 e. The van der Waals surface area contributed by atoms with Gasteiger partial charge in [0.15, 0.2) is 0 Å². The third kappa shape index (κ3) is 2.68. The van der Waals surface area contributed by atoms with Crippen LogP contribution in [0.15, 0.2) is 12.1 Å². The molecule has 0 aliphatic carbocycles. The van der Waals surface area contributed by atoms with Gasteiger partial charge in [-0.2, -0.15) is 0 Å². The van der Waals surface area contributed by atoms with E-state index >= 15 is 0 Å². The van der Waals surface area contributed by atoms with Crippen molar-refractivity contribution in [3.8, 4) is 0 Å². The van der Waals surface area contributed by atoms with Gasteiger partial charge in [-0.05, 0) is 48.4 Å². The Labute approximate surface area is 112 Å². The van der Waals surface area contributed by atoms with Gasteiger partial charge in [0, 0.05) is 18.2 Å². The Morgan fingerprint density at radius 3 is 2.89 bits per heavy atom. The van der Waals surface area contributed by atoms with Crippen LogP contribution in [0.25, 0.3) is 0 Å². The number of aliphatic hydroxyl groups excluding tert-OH is 1. The summed E-state index contributed by atoms with van der Waals surface area (Å²) < 4.78 is 18.7. The summed E-state index contributed by atoms with van der Waals surface area (Å²) in [5.41, 5.74) is 1.13. The fourth-order valence-electron chi connectivity index (χ4n) is 2.50. The van der Waals surface area contributed by atoms with Crippen LogP contribution in [-0.4, -0.2) is 18.3 Å². The zero-order valence-corrected chi connectivity index (χ0v) is 11.4. The van der Waals surface area contributed by atoms with E-state index in [1.807, 2.05) is 0 Å². The molecule has 2 rings (SSSR count). The van der Waals surface area contributed by atoms with E-state index in [-0.39, 0.29) is 17.7 Å². The molecule has 0 saturated carbocycles. The van der Waals surface area contributed by atoms with Crippen molar-refractivity contribution >= 4 is 11.6 Å². The molecule has 0 amide bonds. The Kier molecular flexibility index (Phi) is 4.25. The molecule has 0 bridgehead atoms. The van der Waals surface area contributed by atoms with Gasteiger partial charge in [0.25, 0.3) is 0 Å². The van der Waals surface area contributed by atoms with Gasteiger partial charge in [-0.15, -0.1) is 0 Å².